The maximum atomic E-state index is 6.26. The number of hydrogen-bond donors (Lipinski definition) is 0. The van der Waals surface area contributed by atoms with E-state index in [9.17, 15) is 0 Å². The van der Waals surface area contributed by atoms with Crippen LogP contribution in [0.25, 0.3) is 0 Å². The molecule has 2 unspecified atom stereocenters. The molecule has 7 nitrogen and oxygen atoms in total. The molecule has 0 spiro atoms. The van der Waals surface area contributed by atoms with Crippen LogP contribution in [-0.2, 0) is 14.2 Å². The third kappa shape index (κ3) is 9.33. The van der Waals surface area contributed by atoms with E-state index in [1.807, 2.05) is 121 Å². The van der Waals surface area contributed by atoms with Crippen molar-refractivity contribution in [1.29, 1.82) is 0 Å². The van der Waals surface area contributed by atoms with Crippen LogP contribution in [0.2, 0.25) is 0 Å². The Bertz CT molecular complexity index is 1100. The Labute approximate surface area is 228 Å². The highest BCUT2D eigenvalue weighted by Crippen LogP contribution is 2.28. The van der Waals surface area contributed by atoms with E-state index < -0.39 is 5.97 Å². The summed E-state index contributed by atoms with van der Waals surface area (Å²) in [5.41, 5.74) is 0. The lowest BCUT2D eigenvalue weighted by molar-refractivity contribution is -0.266. The zero-order chi connectivity index (χ0) is 26.6. The fourth-order valence-corrected chi connectivity index (χ4v) is 3.50. The summed E-state index contributed by atoms with van der Waals surface area (Å²) >= 11 is 0. The van der Waals surface area contributed by atoms with E-state index in [1.54, 1.807) is 0 Å². The van der Waals surface area contributed by atoms with Crippen molar-refractivity contribution in [2.24, 2.45) is 0 Å². The molecule has 7 heteroatoms. The fraction of sp³-hybridized carbons (Fsp3) is 0.250. The average Bonchev–Trinajstić information content (AvgIpc) is 3.92. The summed E-state index contributed by atoms with van der Waals surface area (Å²) < 4.78 is 39.9. The van der Waals surface area contributed by atoms with Crippen LogP contribution in [0.4, 0.5) is 0 Å². The highest BCUT2D eigenvalue weighted by molar-refractivity contribution is 5.27. The number of benzene rings is 4. The van der Waals surface area contributed by atoms with Crippen LogP contribution in [0.5, 0.6) is 23.0 Å². The maximum absolute atomic E-state index is 6.26. The monoisotopic (exact) mass is 528 g/mol. The van der Waals surface area contributed by atoms with Crippen LogP contribution >= 0.6 is 0 Å². The van der Waals surface area contributed by atoms with Gasteiger partial charge in [-0.25, -0.2) is 0 Å². The molecule has 2 aliphatic rings. The minimum atomic E-state index is -1.56. The molecule has 2 aliphatic heterocycles. The van der Waals surface area contributed by atoms with E-state index in [2.05, 4.69) is 0 Å². The standard InChI is InChI=1S/C26H22O4.C6H10O3/c1-5-13-22(14-6-1)27-21-26(28-23-15-7-2-8-16-23,29-24-17-9-3-10-18-24)30-25-19-11-4-12-20-25;1(5-3-8-5)7-2-6-4-9-6/h1-20H,21H2;5-6H,1-4H2. The van der Waals surface area contributed by atoms with Crippen LogP contribution in [0.3, 0.4) is 0 Å². The predicted molar refractivity (Wildman–Crippen MR) is 146 cm³/mol. The first-order valence-corrected chi connectivity index (χ1v) is 13.0. The SMILES string of the molecule is C(OCC1CO1)C1CO1.c1ccc(OCC(Oc2ccccc2)(Oc2ccccc2)Oc2ccccc2)cc1. The molecule has 39 heavy (non-hydrogen) atoms. The van der Waals surface area contributed by atoms with Gasteiger partial charge in [-0.15, -0.1) is 0 Å². The summed E-state index contributed by atoms with van der Waals surface area (Å²) in [5.74, 6) is 0.926. The molecular weight excluding hydrogens is 496 g/mol. The highest BCUT2D eigenvalue weighted by Gasteiger charge is 2.40. The van der Waals surface area contributed by atoms with Gasteiger partial charge in [0.1, 0.15) is 35.2 Å². The topological polar surface area (TPSA) is 71.2 Å². The molecule has 0 bridgehead atoms. The Hall–Kier alpha value is -4.04. The van der Waals surface area contributed by atoms with Gasteiger partial charge in [0.15, 0.2) is 0 Å². The Morgan fingerprint density at radius 2 is 0.846 bits per heavy atom. The number of epoxide rings is 2. The first-order valence-electron chi connectivity index (χ1n) is 13.0. The Morgan fingerprint density at radius 1 is 0.513 bits per heavy atom. The van der Waals surface area contributed by atoms with Gasteiger partial charge >= 0.3 is 5.97 Å². The van der Waals surface area contributed by atoms with E-state index >= 15 is 0 Å². The molecule has 2 atom stereocenters. The van der Waals surface area contributed by atoms with E-state index in [1.165, 1.54) is 0 Å². The predicted octanol–water partition coefficient (Wildman–Crippen LogP) is 5.76. The van der Waals surface area contributed by atoms with Crippen molar-refractivity contribution in [3.05, 3.63) is 121 Å². The van der Waals surface area contributed by atoms with Gasteiger partial charge in [-0.3, -0.25) is 0 Å². The van der Waals surface area contributed by atoms with E-state index in [4.69, 9.17) is 33.2 Å². The van der Waals surface area contributed by atoms with Gasteiger partial charge < -0.3 is 33.2 Å². The van der Waals surface area contributed by atoms with Crippen molar-refractivity contribution in [3.8, 4) is 23.0 Å². The summed E-state index contributed by atoms with van der Waals surface area (Å²) in [5, 5.41) is 0. The van der Waals surface area contributed by atoms with Gasteiger partial charge in [-0.1, -0.05) is 72.8 Å². The molecule has 6 rings (SSSR count). The number of ether oxygens (including phenoxy) is 7. The van der Waals surface area contributed by atoms with Crippen molar-refractivity contribution in [2.45, 2.75) is 18.2 Å². The molecule has 0 N–H and O–H groups in total. The third-order valence-electron chi connectivity index (χ3n) is 5.62. The zero-order valence-corrected chi connectivity index (χ0v) is 21.6. The largest absolute Gasteiger partial charge is 0.481 e. The van der Waals surface area contributed by atoms with Crippen LogP contribution < -0.4 is 18.9 Å². The molecule has 0 aromatic heterocycles. The van der Waals surface area contributed by atoms with Gasteiger partial charge in [0, 0.05) is 0 Å². The van der Waals surface area contributed by atoms with E-state index in [0.29, 0.717) is 35.2 Å². The lowest BCUT2D eigenvalue weighted by Gasteiger charge is -2.33. The van der Waals surface area contributed by atoms with E-state index in [0.717, 1.165) is 26.4 Å². The zero-order valence-electron chi connectivity index (χ0n) is 21.6. The van der Waals surface area contributed by atoms with Gasteiger partial charge in [0.05, 0.1) is 26.4 Å². The second kappa shape index (κ2) is 13.7. The molecule has 0 saturated carbocycles. The summed E-state index contributed by atoms with van der Waals surface area (Å²) in [6, 6.07) is 37.7. The molecule has 0 aliphatic carbocycles. The minimum absolute atomic E-state index is 0.00427. The normalized spacial score (nSPS) is 17.2. The van der Waals surface area contributed by atoms with Crippen molar-refractivity contribution in [3.63, 3.8) is 0 Å². The summed E-state index contributed by atoms with van der Waals surface area (Å²) in [6.07, 6.45) is 0.785. The molecule has 4 aromatic rings. The van der Waals surface area contributed by atoms with Gasteiger partial charge in [0.25, 0.3) is 0 Å². The molecular formula is C32H32O7. The summed E-state index contributed by atoms with van der Waals surface area (Å²) in [7, 11) is 0. The molecule has 0 amide bonds. The second-order valence-electron chi connectivity index (χ2n) is 8.98. The molecule has 2 saturated heterocycles. The lowest BCUT2D eigenvalue weighted by atomic mass is 10.3. The highest BCUT2D eigenvalue weighted by atomic mass is 16.9. The Balaban J connectivity index is 0.000000287. The van der Waals surface area contributed by atoms with E-state index in [-0.39, 0.29) is 6.61 Å². The molecule has 2 heterocycles. The minimum Gasteiger partial charge on any atom is -0.481 e. The average molecular weight is 529 g/mol. The fourth-order valence-electron chi connectivity index (χ4n) is 3.50. The molecule has 2 fully saturated rings. The smallest absolute Gasteiger partial charge is 0.453 e. The Kier molecular flexibility index (Phi) is 9.31. The van der Waals surface area contributed by atoms with Crippen molar-refractivity contribution < 1.29 is 33.2 Å². The summed E-state index contributed by atoms with van der Waals surface area (Å²) in [6.45, 7) is 3.26. The van der Waals surface area contributed by atoms with Crippen molar-refractivity contribution in [1.82, 2.24) is 0 Å². The molecule has 0 radical (unpaired) electrons. The first-order chi connectivity index (χ1) is 19.3. The van der Waals surface area contributed by atoms with Crippen LogP contribution in [-0.4, -0.2) is 51.2 Å². The van der Waals surface area contributed by atoms with Crippen LogP contribution in [0.15, 0.2) is 121 Å². The Morgan fingerprint density at radius 3 is 1.18 bits per heavy atom. The van der Waals surface area contributed by atoms with Gasteiger partial charge in [-0.05, 0) is 48.5 Å². The first kappa shape index (κ1) is 26.6. The van der Waals surface area contributed by atoms with Crippen LogP contribution in [0, 0.1) is 0 Å². The number of rotatable bonds is 13. The third-order valence-corrected chi connectivity index (χ3v) is 5.62. The molecule has 4 aromatic carbocycles. The lowest BCUT2D eigenvalue weighted by Crippen LogP contribution is -2.53. The quantitative estimate of drug-likeness (QED) is 0.161. The summed E-state index contributed by atoms with van der Waals surface area (Å²) in [4.78, 5) is 0. The van der Waals surface area contributed by atoms with Gasteiger partial charge in [-0.2, -0.15) is 0 Å². The molecule has 202 valence electrons. The number of para-hydroxylation sites is 4. The maximum Gasteiger partial charge on any atom is 0.453 e. The van der Waals surface area contributed by atoms with Crippen LogP contribution in [0.1, 0.15) is 0 Å². The van der Waals surface area contributed by atoms with Crippen molar-refractivity contribution in [2.75, 3.05) is 33.0 Å². The number of hydrogen-bond acceptors (Lipinski definition) is 7. The van der Waals surface area contributed by atoms with Gasteiger partial charge in [0.2, 0.25) is 6.61 Å². The van der Waals surface area contributed by atoms with Crippen molar-refractivity contribution >= 4 is 0 Å². The second-order valence-corrected chi connectivity index (χ2v) is 8.98.